The van der Waals surface area contributed by atoms with Gasteiger partial charge in [0, 0.05) is 6.42 Å². The van der Waals surface area contributed by atoms with Crippen molar-refractivity contribution in [3.8, 4) is 11.5 Å². The molecule has 1 N–H and O–H groups in total. The number of carbonyl (C=O) groups is 1. The number of ether oxygens (including phenoxy) is 2. The van der Waals surface area contributed by atoms with Crippen molar-refractivity contribution in [2.75, 3.05) is 20.3 Å². The molecule has 0 heterocycles. The number of alkyl halides is 3. The molecule has 7 heteroatoms. The van der Waals surface area contributed by atoms with Crippen LogP contribution in [0.4, 0.5) is 13.2 Å². The van der Waals surface area contributed by atoms with Crippen molar-refractivity contribution in [3.63, 3.8) is 0 Å². The number of carbonyl (C=O) groups excluding carboxylic acids is 1. The largest absolute Gasteiger partial charge is 0.497 e. The van der Waals surface area contributed by atoms with Crippen LogP contribution in [0.25, 0.3) is 0 Å². The molecule has 0 aliphatic heterocycles. The normalized spacial score (nSPS) is 11.1. The van der Waals surface area contributed by atoms with E-state index in [1.165, 1.54) is 12.1 Å². The fourth-order valence-electron chi connectivity index (χ4n) is 2.26. The molecule has 2 aromatic rings. The summed E-state index contributed by atoms with van der Waals surface area (Å²) < 4.78 is 48.1. The Bertz CT molecular complexity index is 715. The third-order valence-corrected chi connectivity index (χ3v) is 3.65. The van der Waals surface area contributed by atoms with E-state index in [0.29, 0.717) is 12.8 Å². The third kappa shape index (κ3) is 6.31. The zero-order chi connectivity index (χ0) is 19.0. The predicted octanol–water partition coefficient (Wildman–Crippen LogP) is 3.84. The van der Waals surface area contributed by atoms with Crippen LogP contribution in [0.3, 0.4) is 0 Å². The van der Waals surface area contributed by atoms with Crippen LogP contribution in [-0.4, -0.2) is 26.2 Å². The number of nitrogens with one attached hydrogen (secondary N) is 1. The smallest absolute Gasteiger partial charge is 0.416 e. The van der Waals surface area contributed by atoms with Gasteiger partial charge in [0.25, 0.3) is 0 Å². The number of methoxy groups -OCH3 is 1. The summed E-state index contributed by atoms with van der Waals surface area (Å²) in [5.74, 6) is 0.728. The summed E-state index contributed by atoms with van der Waals surface area (Å²) in [6, 6.07) is 12.1. The molecule has 4 nitrogen and oxygen atoms in total. The van der Waals surface area contributed by atoms with Gasteiger partial charge in [0.1, 0.15) is 18.1 Å². The minimum atomic E-state index is -4.41. The topological polar surface area (TPSA) is 47.6 Å². The molecule has 0 aliphatic carbocycles. The lowest BCUT2D eigenvalue weighted by molar-refractivity contribution is -0.137. The molecule has 1 amide bonds. The molecule has 0 aliphatic rings. The zero-order valence-electron chi connectivity index (χ0n) is 14.3. The second-order valence-electron chi connectivity index (χ2n) is 5.57. The minimum absolute atomic E-state index is 0.0928. The van der Waals surface area contributed by atoms with Gasteiger partial charge in [-0.25, -0.2) is 0 Å². The first-order chi connectivity index (χ1) is 12.4. The Kier molecular flexibility index (Phi) is 6.89. The van der Waals surface area contributed by atoms with Crippen LogP contribution < -0.4 is 14.8 Å². The molecule has 0 spiro atoms. The third-order valence-electron chi connectivity index (χ3n) is 3.65. The van der Waals surface area contributed by atoms with Crippen LogP contribution in [0.2, 0.25) is 0 Å². The zero-order valence-corrected chi connectivity index (χ0v) is 14.3. The van der Waals surface area contributed by atoms with Crippen LogP contribution >= 0.6 is 0 Å². The maximum atomic E-state index is 12.6. The molecule has 2 aromatic carbocycles. The van der Waals surface area contributed by atoms with E-state index < -0.39 is 11.7 Å². The van der Waals surface area contributed by atoms with Gasteiger partial charge in [-0.15, -0.1) is 0 Å². The van der Waals surface area contributed by atoms with E-state index in [1.54, 1.807) is 7.11 Å². The summed E-state index contributed by atoms with van der Waals surface area (Å²) in [5, 5.41) is 2.68. The minimum Gasteiger partial charge on any atom is -0.497 e. The van der Waals surface area contributed by atoms with Gasteiger partial charge in [-0.05, 0) is 42.3 Å². The standard InChI is InChI=1S/C19H20F3NO3/c1-25-16-8-5-14(6-9-16)7-10-18(24)23-11-12-26-17-4-2-3-15(13-17)19(20,21)22/h2-6,8-9,13H,7,10-12H2,1H3,(H,23,24). The summed E-state index contributed by atoms with van der Waals surface area (Å²) >= 11 is 0. The van der Waals surface area contributed by atoms with Crippen LogP contribution in [-0.2, 0) is 17.4 Å². The monoisotopic (exact) mass is 367 g/mol. The number of hydrogen-bond acceptors (Lipinski definition) is 3. The summed E-state index contributed by atoms with van der Waals surface area (Å²) in [5.41, 5.74) is 0.250. The molecule has 0 bridgehead atoms. The van der Waals surface area contributed by atoms with Crippen LogP contribution in [0.15, 0.2) is 48.5 Å². The predicted molar refractivity (Wildman–Crippen MR) is 91.3 cm³/mol. The molecule has 0 aromatic heterocycles. The molecule has 140 valence electrons. The van der Waals surface area contributed by atoms with E-state index in [0.717, 1.165) is 23.4 Å². The van der Waals surface area contributed by atoms with Crippen molar-refractivity contribution in [3.05, 3.63) is 59.7 Å². The van der Waals surface area contributed by atoms with Gasteiger partial charge in [-0.3, -0.25) is 4.79 Å². The lowest BCUT2D eigenvalue weighted by Gasteiger charge is -2.11. The van der Waals surface area contributed by atoms with E-state index in [1.807, 2.05) is 24.3 Å². The maximum Gasteiger partial charge on any atom is 0.416 e. The van der Waals surface area contributed by atoms with Crippen molar-refractivity contribution in [1.82, 2.24) is 5.32 Å². The summed E-state index contributed by atoms with van der Waals surface area (Å²) in [7, 11) is 1.59. The van der Waals surface area contributed by atoms with Gasteiger partial charge in [-0.1, -0.05) is 18.2 Å². The number of amides is 1. The number of rotatable bonds is 8. The van der Waals surface area contributed by atoms with E-state index >= 15 is 0 Å². The molecular weight excluding hydrogens is 347 g/mol. The van der Waals surface area contributed by atoms with Crippen LogP contribution in [0.1, 0.15) is 17.5 Å². The summed E-state index contributed by atoms with van der Waals surface area (Å²) in [6.07, 6.45) is -3.50. The molecule has 0 fully saturated rings. The number of benzene rings is 2. The van der Waals surface area contributed by atoms with Gasteiger partial charge in [0.15, 0.2) is 0 Å². The summed E-state index contributed by atoms with van der Waals surface area (Å²) in [6.45, 7) is 0.313. The highest BCUT2D eigenvalue weighted by Gasteiger charge is 2.30. The van der Waals surface area contributed by atoms with Crippen molar-refractivity contribution < 1.29 is 27.4 Å². The highest BCUT2D eigenvalue weighted by molar-refractivity contribution is 5.76. The van der Waals surface area contributed by atoms with E-state index in [-0.39, 0.29) is 24.8 Å². The lowest BCUT2D eigenvalue weighted by atomic mass is 10.1. The summed E-state index contributed by atoms with van der Waals surface area (Å²) in [4.78, 5) is 11.8. The number of halogens is 3. The highest BCUT2D eigenvalue weighted by Crippen LogP contribution is 2.31. The molecule has 0 saturated heterocycles. The number of hydrogen-bond donors (Lipinski definition) is 1. The maximum absolute atomic E-state index is 12.6. The van der Waals surface area contributed by atoms with Crippen molar-refractivity contribution >= 4 is 5.91 Å². The first kappa shape index (κ1) is 19.6. The van der Waals surface area contributed by atoms with Crippen LogP contribution in [0.5, 0.6) is 11.5 Å². The molecule has 0 unspecified atom stereocenters. The van der Waals surface area contributed by atoms with Crippen molar-refractivity contribution in [2.24, 2.45) is 0 Å². The quantitative estimate of drug-likeness (QED) is 0.721. The van der Waals surface area contributed by atoms with Crippen LogP contribution in [0, 0.1) is 0 Å². The van der Waals surface area contributed by atoms with Crippen molar-refractivity contribution in [2.45, 2.75) is 19.0 Å². The fraction of sp³-hybridized carbons (Fsp3) is 0.316. The Labute approximate surface area is 149 Å². The van der Waals surface area contributed by atoms with Gasteiger partial charge in [-0.2, -0.15) is 13.2 Å². The molecule has 0 radical (unpaired) electrons. The Morgan fingerprint density at radius 2 is 1.81 bits per heavy atom. The Balaban J connectivity index is 1.68. The van der Waals surface area contributed by atoms with Gasteiger partial charge >= 0.3 is 6.18 Å². The second kappa shape index (κ2) is 9.12. The average Bonchev–Trinajstić information content (AvgIpc) is 2.63. The van der Waals surface area contributed by atoms with E-state index in [2.05, 4.69) is 5.32 Å². The van der Waals surface area contributed by atoms with E-state index in [9.17, 15) is 18.0 Å². The Morgan fingerprint density at radius 1 is 1.08 bits per heavy atom. The van der Waals surface area contributed by atoms with E-state index in [4.69, 9.17) is 9.47 Å². The van der Waals surface area contributed by atoms with Gasteiger partial charge < -0.3 is 14.8 Å². The first-order valence-electron chi connectivity index (χ1n) is 8.08. The van der Waals surface area contributed by atoms with Crippen molar-refractivity contribution in [1.29, 1.82) is 0 Å². The molecule has 0 saturated carbocycles. The Hall–Kier alpha value is -2.70. The second-order valence-corrected chi connectivity index (χ2v) is 5.57. The highest BCUT2D eigenvalue weighted by atomic mass is 19.4. The molecule has 2 rings (SSSR count). The fourth-order valence-corrected chi connectivity index (χ4v) is 2.26. The number of aryl methyl sites for hydroxylation is 1. The Morgan fingerprint density at radius 3 is 2.46 bits per heavy atom. The average molecular weight is 367 g/mol. The van der Waals surface area contributed by atoms with Gasteiger partial charge in [0.2, 0.25) is 5.91 Å². The SMILES string of the molecule is COc1ccc(CCC(=O)NCCOc2cccc(C(F)(F)F)c2)cc1. The molecule has 0 atom stereocenters. The lowest BCUT2D eigenvalue weighted by Crippen LogP contribution is -2.28. The molecule has 26 heavy (non-hydrogen) atoms. The molecular formula is C19H20F3NO3. The first-order valence-corrected chi connectivity index (χ1v) is 8.08. The van der Waals surface area contributed by atoms with Gasteiger partial charge in [0.05, 0.1) is 19.2 Å².